The lowest BCUT2D eigenvalue weighted by Gasteiger charge is -2.43. The third kappa shape index (κ3) is 4.05. The Morgan fingerprint density at radius 1 is 1.33 bits per heavy atom. The average Bonchev–Trinajstić information content (AvgIpc) is 2.92. The number of rotatable bonds is 5. The molecule has 0 amide bonds. The molecule has 1 atom stereocenters. The Kier molecular flexibility index (Phi) is 4.93. The van der Waals surface area contributed by atoms with Crippen LogP contribution in [0.25, 0.3) is 0 Å². The van der Waals surface area contributed by atoms with Gasteiger partial charge in [0.05, 0.1) is 12.2 Å². The fourth-order valence-electron chi connectivity index (χ4n) is 3.41. The molecular weight excluding hydrogens is 264 g/mol. The van der Waals surface area contributed by atoms with Crippen molar-refractivity contribution >= 4 is 0 Å². The maximum atomic E-state index is 5.49. The van der Waals surface area contributed by atoms with E-state index < -0.39 is 0 Å². The van der Waals surface area contributed by atoms with Crippen LogP contribution >= 0.6 is 0 Å². The van der Waals surface area contributed by atoms with Crippen molar-refractivity contribution in [3.8, 4) is 0 Å². The minimum Gasteiger partial charge on any atom is -0.360 e. The molecule has 21 heavy (non-hydrogen) atoms. The van der Waals surface area contributed by atoms with Crippen LogP contribution in [-0.2, 0) is 13.1 Å². The highest BCUT2D eigenvalue weighted by Gasteiger charge is 2.29. The molecule has 2 aliphatic heterocycles. The quantitative estimate of drug-likeness (QED) is 0.897. The van der Waals surface area contributed by atoms with Gasteiger partial charge in [-0.3, -0.25) is 9.80 Å². The van der Waals surface area contributed by atoms with Gasteiger partial charge < -0.3 is 9.84 Å². The minimum absolute atomic E-state index is 0.476. The van der Waals surface area contributed by atoms with Crippen molar-refractivity contribution < 1.29 is 4.52 Å². The van der Waals surface area contributed by atoms with Crippen LogP contribution in [0.2, 0.25) is 0 Å². The van der Waals surface area contributed by atoms with E-state index in [1.165, 1.54) is 38.9 Å². The number of nitrogens with one attached hydrogen (secondary N) is 1. The Hall–Kier alpha value is -0.910. The first-order chi connectivity index (χ1) is 10.2. The van der Waals surface area contributed by atoms with Crippen LogP contribution in [0.5, 0.6) is 0 Å². The van der Waals surface area contributed by atoms with Gasteiger partial charge in [0.1, 0.15) is 0 Å². The Morgan fingerprint density at radius 2 is 2.24 bits per heavy atom. The molecule has 0 saturated carbocycles. The summed E-state index contributed by atoms with van der Waals surface area (Å²) >= 11 is 0. The molecular formula is C16H28N4O. The second-order valence-electron chi connectivity index (χ2n) is 6.74. The van der Waals surface area contributed by atoms with Crippen molar-refractivity contribution in [1.29, 1.82) is 0 Å². The van der Waals surface area contributed by atoms with E-state index in [0.717, 1.165) is 37.1 Å². The molecule has 0 aliphatic carbocycles. The largest absolute Gasteiger partial charge is 0.360 e. The Bertz CT molecular complexity index is 445. The predicted molar refractivity (Wildman–Crippen MR) is 83.0 cm³/mol. The highest BCUT2D eigenvalue weighted by Crippen LogP contribution is 2.22. The summed E-state index contributed by atoms with van der Waals surface area (Å²) in [5.74, 6) is 1.000. The van der Waals surface area contributed by atoms with E-state index in [-0.39, 0.29) is 0 Å². The van der Waals surface area contributed by atoms with Crippen LogP contribution in [0, 0.1) is 0 Å². The number of fused-ring (bicyclic) bond motifs is 1. The molecule has 3 rings (SSSR count). The summed E-state index contributed by atoms with van der Waals surface area (Å²) in [6.45, 7) is 10.8. The predicted octanol–water partition coefficient (Wildman–Crippen LogP) is 1.84. The third-order valence-corrected chi connectivity index (χ3v) is 4.60. The topological polar surface area (TPSA) is 44.5 Å². The molecule has 118 valence electrons. The molecule has 2 aliphatic rings. The average molecular weight is 292 g/mol. The first-order valence-electron chi connectivity index (χ1n) is 8.35. The highest BCUT2D eigenvalue weighted by atomic mass is 16.5. The zero-order valence-electron chi connectivity index (χ0n) is 13.3. The maximum Gasteiger partial charge on any atom is 0.151 e. The van der Waals surface area contributed by atoms with E-state index in [2.05, 4.69) is 40.2 Å². The second-order valence-corrected chi connectivity index (χ2v) is 6.74. The lowest BCUT2D eigenvalue weighted by molar-refractivity contribution is 0.0417. The fourth-order valence-corrected chi connectivity index (χ4v) is 3.41. The van der Waals surface area contributed by atoms with Crippen LogP contribution in [0.1, 0.15) is 44.6 Å². The SMILES string of the molecule is CC(C)NCc1cc(CN2CCN3CCCCC3C2)on1. The molecule has 5 nitrogen and oxygen atoms in total. The molecule has 2 saturated heterocycles. The Morgan fingerprint density at radius 3 is 3.10 bits per heavy atom. The van der Waals surface area contributed by atoms with Gasteiger partial charge in [0, 0.05) is 44.3 Å². The van der Waals surface area contributed by atoms with Gasteiger partial charge in [0.15, 0.2) is 5.76 Å². The number of nitrogens with zero attached hydrogens (tertiary/aromatic N) is 3. The van der Waals surface area contributed by atoms with Gasteiger partial charge in [-0.15, -0.1) is 0 Å². The van der Waals surface area contributed by atoms with E-state index in [0.29, 0.717) is 6.04 Å². The van der Waals surface area contributed by atoms with Crippen LogP contribution in [0.4, 0.5) is 0 Å². The van der Waals surface area contributed by atoms with Crippen molar-refractivity contribution in [2.75, 3.05) is 26.2 Å². The third-order valence-electron chi connectivity index (χ3n) is 4.60. The molecule has 1 aromatic rings. The summed E-state index contributed by atoms with van der Waals surface area (Å²) in [6.07, 6.45) is 4.13. The van der Waals surface area contributed by atoms with Crippen LogP contribution in [0.3, 0.4) is 0 Å². The lowest BCUT2D eigenvalue weighted by Crippen LogP contribution is -2.54. The number of piperazine rings is 1. The summed E-state index contributed by atoms with van der Waals surface area (Å²) in [7, 11) is 0. The summed E-state index contributed by atoms with van der Waals surface area (Å²) in [6, 6.07) is 3.34. The summed E-state index contributed by atoms with van der Waals surface area (Å²) < 4.78 is 5.49. The van der Waals surface area contributed by atoms with E-state index in [4.69, 9.17) is 4.52 Å². The number of hydrogen-bond donors (Lipinski definition) is 1. The molecule has 1 unspecified atom stereocenters. The van der Waals surface area contributed by atoms with E-state index in [1.54, 1.807) is 0 Å². The molecule has 0 aromatic carbocycles. The number of aromatic nitrogens is 1. The first-order valence-corrected chi connectivity index (χ1v) is 8.35. The summed E-state index contributed by atoms with van der Waals surface area (Å²) in [4.78, 5) is 5.19. The maximum absolute atomic E-state index is 5.49. The summed E-state index contributed by atoms with van der Waals surface area (Å²) in [5.41, 5.74) is 1.01. The first kappa shape index (κ1) is 15.0. The summed E-state index contributed by atoms with van der Waals surface area (Å²) in [5, 5.41) is 7.53. The monoisotopic (exact) mass is 292 g/mol. The van der Waals surface area contributed by atoms with Crippen molar-refractivity contribution in [1.82, 2.24) is 20.3 Å². The van der Waals surface area contributed by atoms with Crippen molar-refractivity contribution in [2.24, 2.45) is 0 Å². The normalized spacial score (nSPS) is 24.4. The van der Waals surface area contributed by atoms with Gasteiger partial charge in [0.2, 0.25) is 0 Å². The molecule has 1 N–H and O–H groups in total. The highest BCUT2D eigenvalue weighted by molar-refractivity contribution is 5.05. The number of piperidine rings is 1. The van der Waals surface area contributed by atoms with Gasteiger partial charge in [0.25, 0.3) is 0 Å². The van der Waals surface area contributed by atoms with Crippen LogP contribution < -0.4 is 5.32 Å². The van der Waals surface area contributed by atoms with E-state index >= 15 is 0 Å². The van der Waals surface area contributed by atoms with Gasteiger partial charge >= 0.3 is 0 Å². The van der Waals surface area contributed by atoms with Gasteiger partial charge in [-0.05, 0) is 19.4 Å². The lowest BCUT2D eigenvalue weighted by atomic mass is 9.99. The van der Waals surface area contributed by atoms with Crippen molar-refractivity contribution in [3.63, 3.8) is 0 Å². The van der Waals surface area contributed by atoms with E-state index in [1.807, 2.05) is 0 Å². The molecule has 2 fully saturated rings. The van der Waals surface area contributed by atoms with E-state index in [9.17, 15) is 0 Å². The molecule has 0 radical (unpaired) electrons. The van der Waals surface area contributed by atoms with Crippen LogP contribution in [-0.4, -0.2) is 53.2 Å². The Labute approximate surface area is 127 Å². The molecule has 3 heterocycles. The standard InChI is InChI=1S/C16H28N4O/c1-13(2)17-10-14-9-16(21-18-14)12-19-7-8-20-6-4-3-5-15(20)11-19/h9,13,15,17H,3-8,10-12H2,1-2H3. The molecule has 0 bridgehead atoms. The van der Waals surface area contributed by atoms with Crippen molar-refractivity contribution in [2.45, 2.75) is 58.3 Å². The van der Waals surface area contributed by atoms with Gasteiger partial charge in [-0.2, -0.15) is 0 Å². The Balaban J connectivity index is 1.50. The molecule has 1 aromatic heterocycles. The second kappa shape index (κ2) is 6.90. The zero-order valence-corrected chi connectivity index (χ0v) is 13.3. The smallest absolute Gasteiger partial charge is 0.151 e. The fraction of sp³-hybridized carbons (Fsp3) is 0.812. The minimum atomic E-state index is 0.476. The van der Waals surface area contributed by atoms with Crippen LogP contribution in [0.15, 0.2) is 10.6 Å². The van der Waals surface area contributed by atoms with Gasteiger partial charge in [-0.25, -0.2) is 0 Å². The van der Waals surface area contributed by atoms with Gasteiger partial charge in [-0.1, -0.05) is 25.4 Å². The molecule has 5 heteroatoms. The van der Waals surface area contributed by atoms with Crippen molar-refractivity contribution in [3.05, 3.63) is 17.5 Å². The zero-order chi connectivity index (χ0) is 14.7. The molecule has 0 spiro atoms. The number of hydrogen-bond acceptors (Lipinski definition) is 5.